The first-order chi connectivity index (χ1) is 12.6. The van der Waals surface area contributed by atoms with E-state index in [4.69, 9.17) is 11.6 Å². The van der Waals surface area contributed by atoms with Crippen molar-refractivity contribution in [2.24, 2.45) is 5.41 Å². The molecule has 0 aliphatic carbocycles. The van der Waals surface area contributed by atoms with Gasteiger partial charge in [0.15, 0.2) is 0 Å². The molecule has 0 saturated carbocycles. The smallest absolute Gasteiger partial charge is 0.0581 e. The molecule has 2 heterocycles. The van der Waals surface area contributed by atoms with Gasteiger partial charge in [0.25, 0.3) is 0 Å². The topological polar surface area (TPSA) is 27.3 Å². The summed E-state index contributed by atoms with van der Waals surface area (Å²) in [6.45, 7) is 12.3. The lowest BCUT2D eigenvalue weighted by Crippen LogP contribution is -2.56. The first-order valence-electron chi connectivity index (χ1n) is 10.2. The number of nitrogens with zero attached hydrogens (tertiary/aromatic N) is 1. The molecule has 1 aromatic rings. The Balaban J connectivity index is 2.06. The van der Waals surface area contributed by atoms with Crippen LogP contribution in [0.4, 0.5) is 0 Å². The van der Waals surface area contributed by atoms with Gasteiger partial charge < -0.3 is 10.6 Å². The maximum Gasteiger partial charge on any atom is 0.0581 e. The third-order valence-corrected chi connectivity index (χ3v) is 6.57. The second-order valence-corrected chi connectivity index (χ2v) is 8.62. The van der Waals surface area contributed by atoms with Crippen molar-refractivity contribution in [1.29, 1.82) is 0 Å². The number of hydrogen-bond acceptors (Lipinski definition) is 3. The fraction of sp³-hybridized carbons (Fsp3) is 0.636. The van der Waals surface area contributed by atoms with Gasteiger partial charge in [0.1, 0.15) is 0 Å². The van der Waals surface area contributed by atoms with E-state index in [-0.39, 0.29) is 11.5 Å². The molecule has 0 amide bonds. The van der Waals surface area contributed by atoms with Gasteiger partial charge in [0.05, 0.1) is 6.04 Å². The zero-order valence-corrected chi connectivity index (χ0v) is 17.3. The molecule has 144 valence electrons. The van der Waals surface area contributed by atoms with Gasteiger partial charge >= 0.3 is 0 Å². The predicted octanol–water partition coefficient (Wildman–Crippen LogP) is 4.31. The van der Waals surface area contributed by atoms with Crippen LogP contribution < -0.4 is 10.6 Å². The van der Waals surface area contributed by atoms with Gasteiger partial charge in [-0.1, -0.05) is 62.7 Å². The molecule has 3 rings (SSSR count). The van der Waals surface area contributed by atoms with E-state index in [9.17, 15) is 0 Å². The van der Waals surface area contributed by atoms with Crippen molar-refractivity contribution in [3.63, 3.8) is 0 Å². The predicted molar refractivity (Wildman–Crippen MR) is 112 cm³/mol. The van der Waals surface area contributed by atoms with E-state index in [0.29, 0.717) is 6.04 Å². The van der Waals surface area contributed by atoms with Gasteiger partial charge in [-0.15, -0.1) is 0 Å². The van der Waals surface area contributed by atoms with E-state index >= 15 is 0 Å². The van der Waals surface area contributed by atoms with Gasteiger partial charge in [-0.05, 0) is 43.5 Å². The van der Waals surface area contributed by atoms with Crippen LogP contribution in [-0.4, -0.2) is 43.7 Å². The summed E-state index contributed by atoms with van der Waals surface area (Å²) in [6.07, 6.45) is 3.45. The molecule has 1 aromatic carbocycles. The number of benzene rings is 1. The van der Waals surface area contributed by atoms with E-state index in [1.807, 2.05) is 0 Å². The summed E-state index contributed by atoms with van der Waals surface area (Å²) in [5.41, 5.74) is 2.74. The Kier molecular flexibility index (Phi) is 6.79. The Bertz CT molecular complexity index is 599. The molecule has 2 unspecified atom stereocenters. The van der Waals surface area contributed by atoms with Crippen LogP contribution in [-0.2, 0) is 0 Å². The zero-order chi connectivity index (χ0) is 18.6. The average molecular weight is 376 g/mol. The van der Waals surface area contributed by atoms with Crippen LogP contribution in [0.2, 0.25) is 0 Å². The molecule has 4 heteroatoms. The molecular formula is C22H34ClN3. The van der Waals surface area contributed by atoms with Crippen molar-refractivity contribution in [1.82, 2.24) is 15.5 Å². The standard InChI is InChI=1S/C22H34ClN3/c1-4-18(23)20(22(2,3)19-16-24-12-13-25-19)21(26-14-8-9-15-26)17-10-6-5-7-11-17/h5-7,10-11,19,21,24-25H,4,8-9,12-16H2,1-3H3/b20-18+. The van der Waals surface area contributed by atoms with Crippen molar-refractivity contribution in [2.75, 3.05) is 32.7 Å². The third-order valence-electron chi connectivity index (χ3n) is 6.10. The maximum atomic E-state index is 6.96. The van der Waals surface area contributed by atoms with Crippen LogP contribution in [0.5, 0.6) is 0 Å². The van der Waals surface area contributed by atoms with E-state index in [1.54, 1.807) is 0 Å². The molecule has 2 atom stereocenters. The molecule has 2 fully saturated rings. The molecule has 2 N–H and O–H groups in total. The summed E-state index contributed by atoms with van der Waals surface area (Å²) < 4.78 is 0. The van der Waals surface area contributed by atoms with Gasteiger partial charge in [-0.25, -0.2) is 0 Å². The first kappa shape index (κ1) is 19.9. The Morgan fingerprint density at radius 2 is 1.88 bits per heavy atom. The summed E-state index contributed by atoms with van der Waals surface area (Å²) in [4.78, 5) is 2.64. The highest BCUT2D eigenvalue weighted by Gasteiger charge is 2.41. The van der Waals surface area contributed by atoms with Crippen molar-refractivity contribution in [3.05, 3.63) is 46.5 Å². The van der Waals surface area contributed by atoms with Crippen LogP contribution in [0.25, 0.3) is 0 Å². The SMILES string of the molecule is CC/C(Cl)=C(/C(c1ccccc1)N1CCCC1)C(C)(C)C1CNCCN1. The summed E-state index contributed by atoms with van der Waals surface area (Å²) in [5.74, 6) is 0. The quantitative estimate of drug-likeness (QED) is 0.775. The van der Waals surface area contributed by atoms with Crippen molar-refractivity contribution < 1.29 is 0 Å². The molecule has 26 heavy (non-hydrogen) atoms. The summed E-state index contributed by atoms with van der Waals surface area (Å²) in [7, 11) is 0. The lowest BCUT2D eigenvalue weighted by Gasteiger charge is -2.45. The lowest BCUT2D eigenvalue weighted by molar-refractivity contribution is 0.195. The largest absolute Gasteiger partial charge is 0.314 e. The van der Waals surface area contributed by atoms with E-state index in [1.165, 1.54) is 24.0 Å². The minimum absolute atomic E-state index is 0.0242. The minimum Gasteiger partial charge on any atom is -0.314 e. The van der Waals surface area contributed by atoms with E-state index in [0.717, 1.165) is 44.2 Å². The molecule has 0 spiro atoms. The molecule has 0 radical (unpaired) electrons. The summed E-state index contributed by atoms with van der Waals surface area (Å²) in [5, 5.41) is 8.33. The number of hydrogen-bond donors (Lipinski definition) is 2. The average Bonchev–Trinajstić information content (AvgIpc) is 3.21. The molecular weight excluding hydrogens is 342 g/mol. The number of nitrogens with one attached hydrogen (secondary N) is 2. The van der Waals surface area contributed by atoms with Gasteiger partial charge in [0.2, 0.25) is 0 Å². The van der Waals surface area contributed by atoms with Crippen molar-refractivity contribution >= 4 is 11.6 Å². The van der Waals surface area contributed by atoms with Crippen LogP contribution in [0, 0.1) is 5.41 Å². The van der Waals surface area contributed by atoms with Gasteiger partial charge in [-0.2, -0.15) is 0 Å². The second-order valence-electron chi connectivity index (χ2n) is 8.16. The van der Waals surface area contributed by atoms with E-state index < -0.39 is 0 Å². The Hall–Kier alpha value is -0.870. The number of halogens is 1. The lowest BCUT2D eigenvalue weighted by atomic mass is 9.71. The Labute approximate surface area is 164 Å². The highest BCUT2D eigenvalue weighted by atomic mass is 35.5. The van der Waals surface area contributed by atoms with Crippen LogP contribution in [0.15, 0.2) is 40.9 Å². The molecule has 0 bridgehead atoms. The van der Waals surface area contributed by atoms with Crippen LogP contribution in [0.1, 0.15) is 51.6 Å². The Morgan fingerprint density at radius 1 is 1.19 bits per heavy atom. The molecule has 0 aromatic heterocycles. The summed E-state index contributed by atoms with van der Waals surface area (Å²) >= 11 is 6.96. The normalized spacial score (nSPS) is 24.4. The molecule has 2 saturated heterocycles. The highest BCUT2D eigenvalue weighted by molar-refractivity contribution is 6.30. The van der Waals surface area contributed by atoms with Crippen molar-refractivity contribution in [2.45, 2.75) is 52.1 Å². The van der Waals surface area contributed by atoms with Gasteiger partial charge in [0, 0.05) is 36.1 Å². The number of piperazine rings is 1. The van der Waals surface area contributed by atoms with Gasteiger partial charge in [-0.3, -0.25) is 4.90 Å². The summed E-state index contributed by atoms with van der Waals surface area (Å²) in [6, 6.07) is 11.6. The molecule has 3 nitrogen and oxygen atoms in total. The number of rotatable bonds is 6. The monoisotopic (exact) mass is 375 g/mol. The number of likely N-dealkylation sites (tertiary alicyclic amines) is 1. The first-order valence-corrected chi connectivity index (χ1v) is 10.6. The maximum absolute atomic E-state index is 6.96. The fourth-order valence-corrected chi connectivity index (χ4v) is 4.93. The van der Waals surface area contributed by atoms with Crippen molar-refractivity contribution in [3.8, 4) is 0 Å². The Morgan fingerprint density at radius 3 is 2.46 bits per heavy atom. The minimum atomic E-state index is -0.0242. The second kappa shape index (κ2) is 8.88. The molecule has 2 aliphatic rings. The highest BCUT2D eigenvalue weighted by Crippen LogP contribution is 2.46. The van der Waals surface area contributed by atoms with Crippen LogP contribution in [0.3, 0.4) is 0 Å². The van der Waals surface area contributed by atoms with Crippen LogP contribution >= 0.6 is 11.6 Å². The zero-order valence-electron chi connectivity index (χ0n) is 16.5. The number of allylic oxidation sites excluding steroid dienone is 1. The van der Waals surface area contributed by atoms with E-state index in [2.05, 4.69) is 66.6 Å². The third kappa shape index (κ3) is 4.17. The molecule has 2 aliphatic heterocycles. The fourth-order valence-electron chi connectivity index (χ4n) is 4.59.